The van der Waals surface area contributed by atoms with Gasteiger partial charge in [-0.05, 0) is 37.3 Å². The zero-order chi connectivity index (χ0) is 22.2. The number of ether oxygens (including phenoxy) is 2. The number of carbonyl (C=O) groups excluding carboxylic acids is 1. The number of methoxy groups -OCH3 is 2. The molecule has 0 saturated carbocycles. The van der Waals surface area contributed by atoms with E-state index in [-0.39, 0.29) is 11.8 Å². The summed E-state index contributed by atoms with van der Waals surface area (Å²) in [5, 5.41) is 3.42. The lowest BCUT2D eigenvalue weighted by Gasteiger charge is -2.29. The molecule has 0 saturated heterocycles. The van der Waals surface area contributed by atoms with Gasteiger partial charge >= 0.3 is 0 Å². The summed E-state index contributed by atoms with van der Waals surface area (Å²) < 4.78 is 13.0. The van der Waals surface area contributed by atoms with E-state index in [2.05, 4.69) is 5.32 Å². The number of anilines is 1. The second kappa shape index (κ2) is 7.89. The number of fused-ring (bicyclic) bond motifs is 3. The summed E-state index contributed by atoms with van der Waals surface area (Å²) in [6, 6.07) is 22.7. The normalized spacial score (nSPS) is 15.3. The first-order valence-corrected chi connectivity index (χ1v) is 10.4. The summed E-state index contributed by atoms with van der Waals surface area (Å²) in [5.74, 6) is 1.90. The topological polar surface area (TPSA) is 65.4 Å². The average molecular weight is 425 g/mol. The van der Waals surface area contributed by atoms with Gasteiger partial charge in [0.1, 0.15) is 0 Å². The van der Waals surface area contributed by atoms with E-state index in [0.29, 0.717) is 28.6 Å². The van der Waals surface area contributed by atoms with Crippen molar-refractivity contribution in [3.8, 4) is 11.5 Å². The zero-order valence-electron chi connectivity index (χ0n) is 18.1. The van der Waals surface area contributed by atoms with Crippen LogP contribution in [0.4, 0.5) is 5.95 Å². The number of para-hydroxylation sites is 2. The Bertz CT molecular complexity index is 1360. The van der Waals surface area contributed by atoms with E-state index in [1.807, 2.05) is 84.3 Å². The zero-order valence-corrected chi connectivity index (χ0v) is 18.1. The fraction of sp³-hybridized carbons (Fsp3) is 0.154. The van der Waals surface area contributed by atoms with E-state index in [9.17, 15) is 4.79 Å². The molecule has 3 aromatic carbocycles. The van der Waals surface area contributed by atoms with Crippen molar-refractivity contribution < 1.29 is 14.3 Å². The molecule has 1 unspecified atom stereocenters. The number of carbonyl (C=O) groups is 1. The number of nitrogens with one attached hydrogen (secondary N) is 1. The number of ketones is 1. The van der Waals surface area contributed by atoms with Crippen LogP contribution in [0.15, 0.2) is 78.4 Å². The molecule has 1 N–H and O–H groups in total. The van der Waals surface area contributed by atoms with Crippen molar-refractivity contribution in [2.75, 3.05) is 19.5 Å². The number of rotatable bonds is 5. The molecule has 0 fully saturated rings. The minimum Gasteiger partial charge on any atom is -0.493 e. The summed E-state index contributed by atoms with van der Waals surface area (Å²) in [6.45, 7) is 1.99. The van der Waals surface area contributed by atoms with E-state index in [4.69, 9.17) is 14.5 Å². The molecule has 0 spiro atoms. The van der Waals surface area contributed by atoms with E-state index in [1.165, 1.54) is 0 Å². The minimum atomic E-state index is -0.241. The van der Waals surface area contributed by atoms with Crippen molar-refractivity contribution >= 4 is 28.5 Å². The van der Waals surface area contributed by atoms with Crippen molar-refractivity contribution in [3.63, 3.8) is 0 Å². The molecule has 0 bridgehead atoms. The largest absolute Gasteiger partial charge is 0.493 e. The van der Waals surface area contributed by atoms with Crippen LogP contribution in [0.25, 0.3) is 16.7 Å². The van der Waals surface area contributed by atoms with Gasteiger partial charge in [-0.2, -0.15) is 0 Å². The summed E-state index contributed by atoms with van der Waals surface area (Å²) in [4.78, 5) is 18.5. The molecule has 160 valence electrons. The predicted octanol–water partition coefficient (Wildman–Crippen LogP) is 5.01. The summed E-state index contributed by atoms with van der Waals surface area (Å²) in [5.41, 5.74) is 4.72. The van der Waals surface area contributed by atoms with Crippen LogP contribution in [-0.4, -0.2) is 35.6 Å². The number of Topliss-reactive ketones (excluding diaryl/α,β-unsaturated/α-hetero) is 1. The van der Waals surface area contributed by atoms with Crippen LogP contribution >= 0.6 is 0 Å². The quantitative estimate of drug-likeness (QED) is 0.456. The van der Waals surface area contributed by atoms with E-state index in [1.54, 1.807) is 14.2 Å². The first kappa shape index (κ1) is 19.9. The third-order valence-corrected chi connectivity index (χ3v) is 5.76. The number of nitrogens with zero attached hydrogens (tertiary/aromatic N) is 2. The predicted molar refractivity (Wildman–Crippen MR) is 125 cm³/mol. The second-order valence-corrected chi connectivity index (χ2v) is 7.65. The Morgan fingerprint density at radius 2 is 1.66 bits per heavy atom. The highest BCUT2D eigenvalue weighted by Gasteiger charge is 2.32. The van der Waals surface area contributed by atoms with Crippen molar-refractivity contribution in [3.05, 3.63) is 89.5 Å². The maximum Gasteiger partial charge on any atom is 0.209 e. The molecule has 4 aromatic rings. The van der Waals surface area contributed by atoms with Gasteiger partial charge in [-0.1, -0.05) is 42.5 Å². The molecule has 6 nitrogen and oxygen atoms in total. The Labute approximate surface area is 186 Å². The Hall–Kier alpha value is -4.06. The smallest absolute Gasteiger partial charge is 0.209 e. The van der Waals surface area contributed by atoms with Crippen LogP contribution in [0, 0.1) is 0 Å². The highest BCUT2D eigenvalue weighted by molar-refractivity contribution is 6.15. The Balaban J connectivity index is 1.84. The molecule has 0 amide bonds. The average Bonchev–Trinajstić information content (AvgIpc) is 3.20. The van der Waals surface area contributed by atoms with Crippen molar-refractivity contribution in [1.82, 2.24) is 9.55 Å². The SMILES string of the molecule is COc1ccc(C2=C(C(=O)c3ccccc3)C(C)Nc3nc4ccccc4n32)cc1OC. The summed E-state index contributed by atoms with van der Waals surface area (Å²) in [6.07, 6.45) is 0. The van der Waals surface area contributed by atoms with Gasteiger partial charge in [0.2, 0.25) is 5.95 Å². The molecule has 5 rings (SSSR count). The molecule has 2 heterocycles. The van der Waals surface area contributed by atoms with Gasteiger partial charge in [0.15, 0.2) is 17.3 Å². The van der Waals surface area contributed by atoms with E-state index in [0.717, 1.165) is 22.3 Å². The summed E-state index contributed by atoms with van der Waals surface area (Å²) >= 11 is 0. The third-order valence-electron chi connectivity index (χ3n) is 5.76. The number of aromatic nitrogens is 2. The lowest BCUT2D eigenvalue weighted by molar-refractivity contribution is 0.103. The van der Waals surface area contributed by atoms with E-state index >= 15 is 0 Å². The van der Waals surface area contributed by atoms with Crippen molar-refractivity contribution in [2.24, 2.45) is 0 Å². The van der Waals surface area contributed by atoms with Gasteiger partial charge in [0.05, 0.1) is 37.0 Å². The molecule has 1 aromatic heterocycles. The number of hydrogen-bond acceptors (Lipinski definition) is 5. The molecular weight excluding hydrogens is 402 g/mol. The molecule has 1 aliphatic heterocycles. The lowest BCUT2D eigenvalue weighted by atomic mass is 9.91. The highest BCUT2D eigenvalue weighted by Crippen LogP contribution is 2.39. The molecule has 0 aliphatic carbocycles. The van der Waals surface area contributed by atoms with Crippen LogP contribution in [0.5, 0.6) is 11.5 Å². The van der Waals surface area contributed by atoms with Gasteiger partial charge in [-0.25, -0.2) is 4.98 Å². The third kappa shape index (κ3) is 3.12. The van der Waals surface area contributed by atoms with Gasteiger partial charge < -0.3 is 14.8 Å². The molecule has 1 aliphatic rings. The van der Waals surface area contributed by atoms with Crippen molar-refractivity contribution in [2.45, 2.75) is 13.0 Å². The number of benzene rings is 3. The fourth-order valence-electron chi connectivity index (χ4n) is 4.26. The monoisotopic (exact) mass is 425 g/mol. The van der Waals surface area contributed by atoms with Gasteiger partial charge in [0, 0.05) is 16.7 Å². The van der Waals surface area contributed by atoms with Crippen LogP contribution < -0.4 is 14.8 Å². The first-order chi connectivity index (χ1) is 15.6. The standard InChI is InChI=1S/C26H23N3O3/c1-16-23(25(30)17-9-5-4-6-10-17)24(18-13-14-21(31-2)22(15-18)32-3)29-20-12-8-7-11-19(20)28-26(29)27-16/h4-16H,1-3H3,(H,27,28). The second-order valence-electron chi connectivity index (χ2n) is 7.65. The Kier molecular flexibility index (Phi) is 4.90. The number of hydrogen-bond donors (Lipinski definition) is 1. The molecule has 6 heteroatoms. The molecule has 0 radical (unpaired) electrons. The van der Waals surface area contributed by atoms with Crippen molar-refractivity contribution in [1.29, 1.82) is 0 Å². The van der Waals surface area contributed by atoms with Crippen LogP contribution in [0.3, 0.4) is 0 Å². The maximum atomic E-state index is 13.8. The minimum absolute atomic E-state index is 0.0289. The molecular formula is C26H23N3O3. The highest BCUT2D eigenvalue weighted by atomic mass is 16.5. The van der Waals surface area contributed by atoms with E-state index < -0.39 is 0 Å². The maximum absolute atomic E-state index is 13.8. The Morgan fingerprint density at radius 1 is 0.938 bits per heavy atom. The first-order valence-electron chi connectivity index (χ1n) is 10.4. The number of imidazole rings is 1. The summed E-state index contributed by atoms with van der Waals surface area (Å²) in [7, 11) is 3.21. The molecule has 32 heavy (non-hydrogen) atoms. The van der Waals surface area contributed by atoms with Gasteiger partial charge in [0.25, 0.3) is 0 Å². The lowest BCUT2D eigenvalue weighted by Crippen LogP contribution is -2.32. The van der Waals surface area contributed by atoms with Gasteiger partial charge in [-0.15, -0.1) is 0 Å². The molecule has 1 atom stereocenters. The fourth-order valence-corrected chi connectivity index (χ4v) is 4.26. The Morgan fingerprint density at radius 3 is 2.41 bits per heavy atom. The van der Waals surface area contributed by atoms with Crippen LogP contribution in [0.1, 0.15) is 22.8 Å². The van der Waals surface area contributed by atoms with Crippen LogP contribution in [0.2, 0.25) is 0 Å². The van der Waals surface area contributed by atoms with Gasteiger partial charge in [-0.3, -0.25) is 9.36 Å². The van der Waals surface area contributed by atoms with Crippen LogP contribution in [-0.2, 0) is 0 Å².